The number of Topliss-reactive ketones (excluding diaryl/α,β-unsaturated/α-hetero) is 1. The molecule has 6 nitrogen and oxygen atoms in total. The monoisotopic (exact) mass is 442 g/mol. The number of rotatable bonds is 9. The Morgan fingerprint density at radius 1 is 0.970 bits per heavy atom. The molecule has 0 aliphatic heterocycles. The van der Waals surface area contributed by atoms with Crippen LogP contribution in [-0.4, -0.2) is 27.9 Å². The van der Waals surface area contributed by atoms with E-state index in [1.807, 2.05) is 54.6 Å². The first-order valence-electron chi connectivity index (χ1n) is 11.2. The second-order valence-corrected chi connectivity index (χ2v) is 8.00. The summed E-state index contributed by atoms with van der Waals surface area (Å²) in [4.78, 5) is 42.2. The summed E-state index contributed by atoms with van der Waals surface area (Å²) in [5, 5.41) is 2.00. The summed E-state index contributed by atoms with van der Waals surface area (Å²) >= 11 is 0. The molecule has 0 aliphatic carbocycles. The fourth-order valence-corrected chi connectivity index (χ4v) is 3.83. The number of carbonyl (C=O) groups excluding carboxylic acids is 2. The molecule has 0 aliphatic rings. The topological polar surface area (TPSA) is 78.3 Å². The van der Waals surface area contributed by atoms with E-state index in [2.05, 4.69) is 11.9 Å². The predicted molar refractivity (Wildman–Crippen MR) is 128 cm³/mol. The lowest BCUT2D eigenvalue weighted by atomic mass is 10.0. The van der Waals surface area contributed by atoms with Crippen molar-refractivity contribution in [1.29, 1.82) is 0 Å². The number of fused-ring (bicyclic) bond motifs is 2. The number of unbranched alkanes of at least 4 members (excludes halogenated alkanes) is 1. The van der Waals surface area contributed by atoms with Crippen LogP contribution in [0.15, 0.2) is 71.5 Å². The van der Waals surface area contributed by atoms with E-state index in [-0.39, 0.29) is 30.8 Å². The molecule has 33 heavy (non-hydrogen) atoms. The Labute approximate surface area is 191 Å². The molecule has 3 aromatic carbocycles. The minimum atomic E-state index is -0.529. The number of hydrogen-bond donors (Lipinski definition) is 0. The Morgan fingerprint density at radius 3 is 2.55 bits per heavy atom. The lowest BCUT2D eigenvalue weighted by Crippen LogP contribution is -2.26. The van der Waals surface area contributed by atoms with Crippen LogP contribution in [-0.2, 0) is 22.5 Å². The molecule has 1 heterocycles. The third kappa shape index (κ3) is 5.17. The van der Waals surface area contributed by atoms with Crippen molar-refractivity contribution in [3.8, 4) is 0 Å². The first kappa shape index (κ1) is 22.4. The average molecular weight is 443 g/mol. The number of aromatic nitrogens is 2. The number of benzene rings is 3. The van der Waals surface area contributed by atoms with Crippen LogP contribution in [0.25, 0.3) is 21.8 Å². The maximum absolute atomic E-state index is 13.0. The van der Waals surface area contributed by atoms with Crippen LogP contribution < -0.4 is 5.56 Å². The Kier molecular flexibility index (Phi) is 6.93. The highest BCUT2D eigenvalue weighted by Crippen LogP contribution is 2.16. The van der Waals surface area contributed by atoms with Crippen LogP contribution >= 0.6 is 0 Å². The van der Waals surface area contributed by atoms with Gasteiger partial charge in [-0.25, -0.2) is 4.98 Å². The van der Waals surface area contributed by atoms with E-state index in [1.165, 1.54) is 0 Å². The molecule has 0 saturated carbocycles. The Morgan fingerprint density at radius 2 is 1.73 bits per heavy atom. The molecular formula is C27H26N2O4. The summed E-state index contributed by atoms with van der Waals surface area (Å²) in [7, 11) is 0. The number of carbonyl (C=O) groups is 2. The fraction of sp³-hybridized carbons (Fsp3) is 0.259. The van der Waals surface area contributed by atoms with Gasteiger partial charge in [0, 0.05) is 18.5 Å². The summed E-state index contributed by atoms with van der Waals surface area (Å²) in [5.74, 6) is -0.793. The normalized spacial score (nSPS) is 11.1. The van der Waals surface area contributed by atoms with Crippen molar-refractivity contribution < 1.29 is 14.3 Å². The standard InChI is InChI=1S/C27H26N2O4/c1-2-3-16-29-24-11-7-6-10-22(24)28-23(27(29)32)14-15-26(31)33-18-25(30)21-13-12-19-8-4-5-9-20(19)17-21/h4-13,17H,2-3,14-16,18H2,1H3. The quantitative estimate of drug-likeness (QED) is 0.277. The van der Waals surface area contributed by atoms with E-state index in [9.17, 15) is 14.4 Å². The van der Waals surface area contributed by atoms with Crippen molar-refractivity contribution in [2.24, 2.45) is 0 Å². The Hall–Kier alpha value is -3.80. The van der Waals surface area contributed by atoms with E-state index in [4.69, 9.17) is 4.74 Å². The van der Waals surface area contributed by atoms with Gasteiger partial charge < -0.3 is 9.30 Å². The number of para-hydroxylation sites is 2. The number of nitrogens with zero attached hydrogens (tertiary/aromatic N) is 2. The second-order valence-electron chi connectivity index (χ2n) is 8.00. The highest BCUT2D eigenvalue weighted by atomic mass is 16.5. The SMILES string of the molecule is CCCCn1c(=O)c(CCC(=O)OCC(=O)c2ccc3ccccc3c2)nc2ccccc21. The molecule has 0 bridgehead atoms. The number of hydrogen-bond acceptors (Lipinski definition) is 5. The van der Waals surface area contributed by atoms with Gasteiger partial charge >= 0.3 is 5.97 Å². The molecule has 4 rings (SSSR count). The van der Waals surface area contributed by atoms with Gasteiger partial charge in [0.25, 0.3) is 5.56 Å². The number of aryl methyl sites for hydroxylation is 2. The third-order valence-electron chi connectivity index (χ3n) is 5.66. The van der Waals surface area contributed by atoms with Crippen LogP contribution in [0, 0.1) is 0 Å². The van der Waals surface area contributed by atoms with Gasteiger partial charge in [-0.15, -0.1) is 0 Å². The van der Waals surface area contributed by atoms with Crippen molar-refractivity contribution in [1.82, 2.24) is 9.55 Å². The van der Waals surface area contributed by atoms with Crippen molar-refractivity contribution in [3.05, 3.63) is 88.3 Å². The summed E-state index contributed by atoms with van der Waals surface area (Å²) < 4.78 is 6.92. The molecule has 4 aromatic rings. The summed E-state index contributed by atoms with van der Waals surface area (Å²) in [5.41, 5.74) is 2.17. The van der Waals surface area contributed by atoms with Crippen molar-refractivity contribution in [3.63, 3.8) is 0 Å². The lowest BCUT2D eigenvalue weighted by Gasteiger charge is -2.12. The summed E-state index contributed by atoms with van der Waals surface area (Å²) in [6.07, 6.45) is 2.00. The van der Waals surface area contributed by atoms with Gasteiger partial charge in [-0.2, -0.15) is 0 Å². The van der Waals surface area contributed by atoms with Crippen LogP contribution in [0.3, 0.4) is 0 Å². The van der Waals surface area contributed by atoms with Crippen molar-refractivity contribution >= 4 is 33.6 Å². The predicted octanol–water partition coefficient (Wildman–Crippen LogP) is 4.71. The molecule has 168 valence electrons. The smallest absolute Gasteiger partial charge is 0.306 e. The van der Waals surface area contributed by atoms with Crippen molar-refractivity contribution in [2.75, 3.05) is 6.61 Å². The van der Waals surface area contributed by atoms with Crippen molar-refractivity contribution in [2.45, 2.75) is 39.2 Å². The molecule has 0 N–H and O–H groups in total. The Bertz CT molecular complexity index is 1370. The molecular weight excluding hydrogens is 416 g/mol. The molecule has 0 radical (unpaired) electrons. The van der Waals surface area contributed by atoms with Gasteiger partial charge in [0.05, 0.1) is 17.5 Å². The van der Waals surface area contributed by atoms with Gasteiger partial charge in [-0.3, -0.25) is 14.4 Å². The zero-order valence-electron chi connectivity index (χ0n) is 18.6. The molecule has 0 amide bonds. The van der Waals surface area contributed by atoms with Crippen LogP contribution in [0.5, 0.6) is 0 Å². The first-order valence-corrected chi connectivity index (χ1v) is 11.2. The average Bonchev–Trinajstić information content (AvgIpc) is 2.85. The molecule has 0 spiro atoms. The molecule has 6 heteroatoms. The van der Waals surface area contributed by atoms with Gasteiger partial charge in [-0.05, 0) is 35.4 Å². The van der Waals surface area contributed by atoms with Gasteiger partial charge in [0.2, 0.25) is 0 Å². The maximum Gasteiger partial charge on any atom is 0.306 e. The fourth-order valence-electron chi connectivity index (χ4n) is 3.83. The third-order valence-corrected chi connectivity index (χ3v) is 5.66. The van der Waals surface area contributed by atoms with Crippen LogP contribution in [0.2, 0.25) is 0 Å². The summed E-state index contributed by atoms with van der Waals surface area (Å²) in [6, 6.07) is 20.7. The van der Waals surface area contributed by atoms with Gasteiger partial charge in [0.15, 0.2) is 12.4 Å². The molecule has 0 unspecified atom stereocenters. The molecule has 0 saturated heterocycles. The zero-order chi connectivity index (χ0) is 23.2. The number of ether oxygens (including phenoxy) is 1. The zero-order valence-corrected chi connectivity index (χ0v) is 18.6. The highest BCUT2D eigenvalue weighted by molar-refractivity contribution is 6.01. The second kappa shape index (κ2) is 10.2. The molecule has 0 fully saturated rings. The van der Waals surface area contributed by atoms with E-state index < -0.39 is 5.97 Å². The molecule has 0 atom stereocenters. The van der Waals surface area contributed by atoms with E-state index in [0.29, 0.717) is 17.8 Å². The van der Waals surface area contributed by atoms with E-state index in [0.717, 1.165) is 34.6 Å². The number of esters is 1. The largest absolute Gasteiger partial charge is 0.457 e. The van der Waals surface area contributed by atoms with Crippen LogP contribution in [0.1, 0.15) is 42.2 Å². The van der Waals surface area contributed by atoms with Crippen LogP contribution in [0.4, 0.5) is 0 Å². The lowest BCUT2D eigenvalue weighted by molar-refractivity contribution is -0.142. The van der Waals surface area contributed by atoms with Gasteiger partial charge in [0.1, 0.15) is 5.69 Å². The van der Waals surface area contributed by atoms with E-state index >= 15 is 0 Å². The molecule has 1 aromatic heterocycles. The first-order chi connectivity index (χ1) is 16.1. The van der Waals surface area contributed by atoms with E-state index in [1.54, 1.807) is 16.7 Å². The summed E-state index contributed by atoms with van der Waals surface area (Å²) in [6.45, 7) is 2.35. The highest BCUT2D eigenvalue weighted by Gasteiger charge is 2.15. The van der Waals surface area contributed by atoms with Gasteiger partial charge in [-0.1, -0.05) is 61.9 Å². The Balaban J connectivity index is 1.40. The number of ketones is 1. The minimum Gasteiger partial charge on any atom is -0.457 e. The minimum absolute atomic E-state index is 0.0145. The maximum atomic E-state index is 13.0.